The average molecular weight is 285 g/mol. The number of ether oxygens (including phenoxy) is 3. The summed E-state index contributed by atoms with van der Waals surface area (Å²) in [5.74, 6) is -0.917. The van der Waals surface area contributed by atoms with Crippen molar-refractivity contribution in [3.05, 3.63) is 34.8 Å². The van der Waals surface area contributed by atoms with E-state index in [4.69, 9.17) is 27.2 Å². The molecule has 1 unspecified atom stereocenters. The summed E-state index contributed by atoms with van der Waals surface area (Å²) < 4.78 is 25.7. The third-order valence-electron chi connectivity index (χ3n) is 3.75. The highest BCUT2D eigenvalue weighted by atomic mass is 35.5. The first kappa shape index (κ1) is 12.2. The Bertz CT molecular complexity index is 486. The maximum atomic E-state index is 8.07. The van der Waals surface area contributed by atoms with Crippen molar-refractivity contribution in [3.63, 3.8) is 0 Å². The number of rotatable bonds is 4. The SMILES string of the molecule is [3H]c1cc(Cl)ccc1C12OCC(CO1)C(CCCC)O2. The second kappa shape index (κ2) is 5.41. The molecule has 0 aromatic heterocycles. The molecular formula is C15H19ClO3. The van der Waals surface area contributed by atoms with E-state index in [0.717, 1.165) is 19.3 Å². The molecule has 3 aliphatic rings. The lowest BCUT2D eigenvalue weighted by Crippen LogP contribution is -2.56. The molecule has 0 aliphatic carbocycles. The molecule has 4 heteroatoms. The topological polar surface area (TPSA) is 27.7 Å². The van der Waals surface area contributed by atoms with Crippen LogP contribution >= 0.6 is 11.6 Å². The number of hydrogen-bond donors (Lipinski definition) is 0. The lowest BCUT2D eigenvalue weighted by molar-refractivity contribution is -0.479. The van der Waals surface area contributed by atoms with E-state index in [9.17, 15) is 0 Å². The Morgan fingerprint density at radius 1 is 1.37 bits per heavy atom. The van der Waals surface area contributed by atoms with Crippen LogP contribution in [0.4, 0.5) is 0 Å². The molecule has 3 aliphatic heterocycles. The molecule has 4 rings (SSSR count). The Morgan fingerprint density at radius 2 is 2.16 bits per heavy atom. The first-order valence-corrected chi connectivity index (χ1v) is 7.25. The van der Waals surface area contributed by atoms with Crippen LogP contribution in [0.15, 0.2) is 24.2 Å². The minimum atomic E-state index is -1.21. The quantitative estimate of drug-likeness (QED) is 0.844. The fourth-order valence-electron chi connectivity index (χ4n) is 2.62. The minimum Gasteiger partial charge on any atom is -0.323 e. The third-order valence-corrected chi connectivity index (χ3v) is 3.99. The fourth-order valence-corrected chi connectivity index (χ4v) is 2.73. The molecule has 1 atom stereocenters. The van der Waals surface area contributed by atoms with Gasteiger partial charge in [-0.3, -0.25) is 0 Å². The summed E-state index contributed by atoms with van der Waals surface area (Å²) in [6, 6.07) is 5.37. The van der Waals surface area contributed by atoms with Crippen molar-refractivity contribution in [1.82, 2.24) is 0 Å². The highest BCUT2D eigenvalue weighted by molar-refractivity contribution is 6.30. The molecule has 1 aromatic rings. The van der Waals surface area contributed by atoms with E-state index in [0.29, 0.717) is 29.7 Å². The number of benzene rings is 1. The smallest absolute Gasteiger partial charge is 0.312 e. The molecule has 3 heterocycles. The summed E-state index contributed by atoms with van der Waals surface area (Å²) in [5, 5.41) is 0.530. The van der Waals surface area contributed by atoms with Crippen LogP contribution in [0.1, 0.15) is 33.1 Å². The third kappa shape index (κ3) is 2.52. The maximum absolute atomic E-state index is 8.07. The number of unbranched alkanes of at least 4 members (excludes halogenated alkanes) is 1. The predicted molar refractivity (Wildman–Crippen MR) is 72.9 cm³/mol. The molecule has 104 valence electrons. The van der Waals surface area contributed by atoms with Gasteiger partial charge in [0.05, 0.1) is 20.7 Å². The summed E-state index contributed by atoms with van der Waals surface area (Å²) in [4.78, 5) is 0. The van der Waals surface area contributed by atoms with Gasteiger partial charge in [-0.05, 0) is 30.7 Å². The Morgan fingerprint density at radius 3 is 2.84 bits per heavy atom. The van der Waals surface area contributed by atoms with E-state index < -0.39 is 5.97 Å². The van der Waals surface area contributed by atoms with Gasteiger partial charge in [0.15, 0.2) is 0 Å². The summed E-state index contributed by atoms with van der Waals surface area (Å²) in [6.45, 7) is 3.41. The van der Waals surface area contributed by atoms with Crippen molar-refractivity contribution >= 4 is 11.6 Å². The molecule has 3 saturated heterocycles. The van der Waals surface area contributed by atoms with Gasteiger partial charge in [0.25, 0.3) is 0 Å². The lowest BCUT2D eigenvalue weighted by Gasteiger charge is -2.49. The highest BCUT2D eigenvalue weighted by Crippen LogP contribution is 2.43. The summed E-state index contributed by atoms with van der Waals surface area (Å²) in [5.41, 5.74) is 0.599. The molecular weight excluding hydrogens is 264 g/mol. The van der Waals surface area contributed by atoms with Crippen molar-refractivity contribution in [3.8, 4) is 0 Å². The average Bonchev–Trinajstić information content (AvgIpc) is 2.46. The Labute approximate surface area is 120 Å². The van der Waals surface area contributed by atoms with Gasteiger partial charge in [0.1, 0.15) is 0 Å². The molecule has 3 nitrogen and oxygen atoms in total. The number of hydrogen-bond acceptors (Lipinski definition) is 3. The van der Waals surface area contributed by atoms with Gasteiger partial charge in [-0.25, -0.2) is 0 Å². The van der Waals surface area contributed by atoms with Crippen molar-refractivity contribution in [2.45, 2.75) is 38.3 Å². The van der Waals surface area contributed by atoms with E-state index in [2.05, 4.69) is 6.92 Å². The van der Waals surface area contributed by atoms with Gasteiger partial charge in [0, 0.05) is 16.5 Å². The van der Waals surface area contributed by atoms with Crippen LogP contribution in [0.2, 0.25) is 5.02 Å². The zero-order chi connectivity index (χ0) is 14.2. The Balaban J connectivity index is 1.87. The Hall–Kier alpha value is -0.610. The van der Waals surface area contributed by atoms with Crippen molar-refractivity contribution in [2.24, 2.45) is 5.92 Å². The second-order valence-corrected chi connectivity index (χ2v) is 5.59. The van der Waals surface area contributed by atoms with E-state index in [1.54, 1.807) is 18.2 Å². The van der Waals surface area contributed by atoms with Crippen LogP contribution in [0.3, 0.4) is 0 Å². The molecule has 0 N–H and O–H groups in total. The van der Waals surface area contributed by atoms with Crippen LogP contribution in [0.5, 0.6) is 0 Å². The molecule has 1 aromatic carbocycles. The normalized spacial score (nSPS) is 34.3. The number of fused-ring (bicyclic) bond motifs is 3. The van der Waals surface area contributed by atoms with Crippen molar-refractivity contribution < 1.29 is 15.6 Å². The first-order valence-electron chi connectivity index (χ1n) is 7.37. The van der Waals surface area contributed by atoms with Crippen LogP contribution in [0, 0.1) is 5.92 Å². The Kier molecular flexibility index (Phi) is 3.46. The second-order valence-electron chi connectivity index (χ2n) is 5.16. The summed E-state index contributed by atoms with van der Waals surface area (Å²) in [7, 11) is 0. The van der Waals surface area contributed by atoms with E-state index in [-0.39, 0.29) is 12.1 Å². The van der Waals surface area contributed by atoms with Crippen molar-refractivity contribution in [1.29, 1.82) is 0 Å². The van der Waals surface area contributed by atoms with Crippen LogP contribution in [-0.4, -0.2) is 19.3 Å². The predicted octanol–water partition coefficient (Wildman–Crippen LogP) is 3.70. The molecule has 2 bridgehead atoms. The van der Waals surface area contributed by atoms with Gasteiger partial charge in [-0.2, -0.15) is 0 Å². The van der Waals surface area contributed by atoms with E-state index in [1.165, 1.54) is 0 Å². The van der Waals surface area contributed by atoms with Gasteiger partial charge < -0.3 is 14.2 Å². The summed E-state index contributed by atoms with van der Waals surface area (Å²) >= 11 is 5.91. The molecule has 0 saturated carbocycles. The van der Waals surface area contributed by atoms with E-state index in [1.807, 2.05) is 0 Å². The summed E-state index contributed by atoms with van der Waals surface area (Å²) in [6.07, 6.45) is 3.43. The number of halogens is 1. The maximum Gasteiger partial charge on any atom is 0.312 e. The van der Waals surface area contributed by atoms with Gasteiger partial charge >= 0.3 is 5.97 Å². The fraction of sp³-hybridized carbons (Fsp3) is 0.600. The van der Waals surface area contributed by atoms with Gasteiger partial charge in [-0.15, -0.1) is 0 Å². The molecule has 19 heavy (non-hydrogen) atoms. The van der Waals surface area contributed by atoms with Gasteiger partial charge in [0.2, 0.25) is 0 Å². The lowest BCUT2D eigenvalue weighted by atomic mass is 9.95. The van der Waals surface area contributed by atoms with Gasteiger partial charge in [-0.1, -0.05) is 31.4 Å². The minimum absolute atomic E-state index is 0.146. The standard InChI is InChI=1S/C15H19ClO3/c1-2-3-4-14-11-9-17-15(19-14,18-10-11)12-5-7-13(16)8-6-12/h5-8,11,14H,2-4,9-10H2,1H3/i5T. The van der Waals surface area contributed by atoms with Crippen molar-refractivity contribution in [2.75, 3.05) is 13.2 Å². The molecule has 0 radical (unpaired) electrons. The van der Waals surface area contributed by atoms with Crippen LogP contribution in [-0.2, 0) is 20.2 Å². The molecule has 3 fully saturated rings. The van der Waals surface area contributed by atoms with E-state index >= 15 is 0 Å². The zero-order valence-electron chi connectivity index (χ0n) is 12.0. The largest absolute Gasteiger partial charge is 0.323 e. The molecule has 0 amide bonds. The van der Waals surface area contributed by atoms with Crippen LogP contribution < -0.4 is 0 Å². The first-order chi connectivity index (χ1) is 9.64. The zero-order valence-corrected chi connectivity index (χ0v) is 11.8. The van der Waals surface area contributed by atoms with Crippen LogP contribution in [0.25, 0.3) is 0 Å². The monoisotopic (exact) mass is 284 g/mol. The molecule has 0 spiro atoms. The highest BCUT2D eigenvalue weighted by Gasteiger charge is 2.50.